The first-order chi connectivity index (χ1) is 13.2. The van der Waals surface area contributed by atoms with Crippen LogP contribution >= 0.6 is 0 Å². The number of fused-ring (bicyclic) bond motifs is 3. The van der Waals surface area contributed by atoms with Crippen molar-refractivity contribution >= 4 is 29.5 Å². The molecule has 4 aromatic rings. The average Bonchev–Trinajstić information content (AvgIpc) is 3.29. The lowest BCUT2D eigenvalue weighted by Gasteiger charge is -2.15. The van der Waals surface area contributed by atoms with Crippen molar-refractivity contribution in [2.24, 2.45) is 0 Å². The van der Waals surface area contributed by atoms with E-state index in [4.69, 9.17) is 15.1 Å². The molecule has 2 aromatic carbocycles. The first-order valence-corrected chi connectivity index (χ1v) is 9.10. The van der Waals surface area contributed by atoms with E-state index >= 15 is 0 Å². The van der Waals surface area contributed by atoms with Crippen LogP contribution in [0.4, 0.5) is 5.95 Å². The zero-order valence-corrected chi connectivity index (χ0v) is 14.9. The molecule has 5 rings (SSSR count). The Labute approximate surface area is 156 Å². The predicted molar refractivity (Wildman–Crippen MR) is 106 cm³/mol. The van der Waals surface area contributed by atoms with E-state index in [0.717, 1.165) is 40.6 Å². The number of aryl methyl sites for hydroxylation is 1. The van der Waals surface area contributed by atoms with Gasteiger partial charge in [-0.2, -0.15) is 4.52 Å². The van der Waals surface area contributed by atoms with Gasteiger partial charge in [-0.25, -0.2) is 9.97 Å². The Hall–Kier alpha value is -2.97. The fraction of sp³-hybridized carbons (Fsp3) is 0.211. The highest BCUT2D eigenvalue weighted by Crippen LogP contribution is 2.26. The number of anilines is 1. The molecule has 8 heteroatoms. The third kappa shape index (κ3) is 2.74. The first kappa shape index (κ1) is 16.2. The van der Waals surface area contributed by atoms with Crippen LogP contribution in [-0.4, -0.2) is 44.1 Å². The summed E-state index contributed by atoms with van der Waals surface area (Å²) in [6, 6.07) is 16.0. The van der Waals surface area contributed by atoms with Crippen molar-refractivity contribution in [2.45, 2.75) is 19.3 Å². The van der Waals surface area contributed by atoms with E-state index in [1.165, 1.54) is 0 Å². The van der Waals surface area contributed by atoms with Crippen LogP contribution in [0, 0.1) is 6.92 Å². The molecule has 0 spiro atoms. The molecule has 0 saturated carbocycles. The van der Waals surface area contributed by atoms with E-state index in [9.17, 15) is 5.02 Å². The lowest BCUT2D eigenvalue weighted by Crippen LogP contribution is -2.41. The van der Waals surface area contributed by atoms with Crippen LogP contribution in [0.1, 0.15) is 12.0 Å². The fourth-order valence-corrected chi connectivity index (χ4v) is 3.59. The first-order valence-electron chi connectivity index (χ1n) is 9.10. The minimum Gasteiger partial charge on any atom is -0.436 e. The molecule has 27 heavy (non-hydrogen) atoms. The van der Waals surface area contributed by atoms with Gasteiger partial charge in [0.15, 0.2) is 11.5 Å². The second-order valence-electron chi connectivity index (χ2n) is 6.88. The van der Waals surface area contributed by atoms with Crippen LogP contribution in [0.2, 0.25) is 0 Å². The van der Waals surface area contributed by atoms with Gasteiger partial charge in [-0.15, -0.1) is 5.10 Å². The van der Waals surface area contributed by atoms with E-state index < -0.39 is 7.05 Å². The van der Waals surface area contributed by atoms with Crippen LogP contribution < -0.4 is 10.5 Å². The summed E-state index contributed by atoms with van der Waals surface area (Å²) in [6.45, 7) is 2.82. The summed E-state index contributed by atoms with van der Waals surface area (Å²) in [7, 11) is -0.604. The Balaban J connectivity index is 1.72. The van der Waals surface area contributed by atoms with Crippen molar-refractivity contribution in [3.8, 4) is 11.4 Å². The molecule has 134 valence electrons. The molecular formula is C19H19BN6O. The SMILES string of the molecule is Cc1ccccc1-c1nc2c3ccccc3nc(NC3CCNB3O)n2n1. The van der Waals surface area contributed by atoms with Crippen molar-refractivity contribution in [3.63, 3.8) is 0 Å². The van der Waals surface area contributed by atoms with E-state index in [1.807, 2.05) is 42.5 Å². The summed E-state index contributed by atoms with van der Waals surface area (Å²) < 4.78 is 1.75. The third-order valence-corrected chi connectivity index (χ3v) is 5.07. The van der Waals surface area contributed by atoms with E-state index in [1.54, 1.807) is 4.52 Å². The average molecular weight is 358 g/mol. The molecule has 2 aromatic heterocycles. The Kier molecular flexibility index (Phi) is 3.80. The number of benzene rings is 2. The zero-order chi connectivity index (χ0) is 18.4. The molecule has 7 nitrogen and oxygen atoms in total. The lowest BCUT2D eigenvalue weighted by molar-refractivity contribution is 0.553. The second-order valence-corrected chi connectivity index (χ2v) is 6.88. The third-order valence-electron chi connectivity index (χ3n) is 5.07. The summed E-state index contributed by atoms with van der Waals surface area (Å²) in [6.07, 6.45) is 0.816. The van der Waals surface area contributed by atoms with Gasteiger partial charge in [0.05, 0.1) is 11.5 Å². The largest absolute Gasteiger partial charge is 0.436 e. The molecule has 1 fully saturated rings. The van der Waals surface area contributed by atoms with E-state index in [0.29, 0.717) is 11.8 Å². The Morgan fingerprint density at radius 2 is 1.96 bits per heavy atom. The number of nitrogens with one attached hydrogen (secondary N) is 2. The minimum atomic E-state index is -0.604. The van der Waals surface area contributed by atoms with Gasteiger partial charge in [0.25, 0.3) is 0 Å². The number of aromatic nitrogens is 4. The highest BCUT2D eigenvalue weighted by Gasteiger charge is 2.31. The minimum absolute atomic E-state index is 0.118. The molecule has 0 aliphatic carbocycles. The second kappa shape index (κ2) is 6.33. The van der Waals surface area contributed by atoms with Gasteiger partial charge < -0.3 is 15.6 Å². The molecule has 1 unspecified atom stereocenters. The van der Waals surface area contributed by atoms with Crippen LogP contribution in [0.3, 0.4) is 0 Å². The van der Waals surface area contributed by atoms with Crippen molar-refractivity contribution in [1.82, 2.24) is 24.8 Å². The molecule has 0 amide bonds. The van der Waals surface area contributed by atoms with Crippen LogP contribution in [-0.2, 0) is 0 Å². The molecular weight excluding hydrogens is 339 g/mol. The summed E-state index contributed by atoms with van der Waals surface area (Å²) in [5.74, 6) is 1.14. The number of hydrogen-bond acceptors (Lipinski definition) is 6. The molecule has 1 atom stereocenters. The highest BCUT2D eigenvalue weighted by atomic mass is 16.2. The normalized spacial score (nSPS) is 17.1. The number of para-hydroxylation sites is 1. The Bertz CT molecular complexity index is 1140. The fourth-order valence-electron chi connectivity index (χ4n) is 3.59. The Morgan fingerprint density at radius 1 is 1.15 bits per heavy atom. The van der Waals surface area contributed by atoms with Gasteiger partial charge in [0.2, 0.25) is 5.95 Å². The monoisotopic (exact) mass is 358 g/mol. The van der Waals surface area contributed by atoms with Crippen LogP contribution in [0.5, 0.6) is 0 Å². The van der Waals surface area contributed by atoms with Crippen LogP contribution in [0.15, 0.2) is 48.5 Å². The molecule has 0 bridgehead atoms. The Morgan fingerprint density at radius 3 is 2.78 bits per heavy atom. The van der Waals surface area contributed by atoms with Gasteiger partial charge in [0, 0.05) is 10.9 Å². The number of rotatable bonds is 3. The summed E-state index contributed by atoms with van der Waals surface area (Å²) in [5.41, 5.74) is 3.72. The van der Waals surface area contributed by atoms with Gasteiger partial charge in [-0.05, 0) is 37.6 Å². The van der Waals surface area contributed by atoms with Crippen molar-refractivity contribution in [1.29, 1.82) is 0 Å². The number of hydrogen-bond donors (Lipinski definition) is 3. The van der Waals surface area contributed by atoms with Crippen molar-refractivity contribution < 1.29 is 5.02 Å². The maximum atomic E-state index is 10.1. The van der Waals surface area contributed by atoms with Gasteiger partial charge in [-0.3, -0.25) is 0 Å². The van der Waals surface area contributed by atoms with E-state index in [-0.39, 0.29) is 5.94 Å². The molecule has 3 N–H and O–H groups in total. The molecule has 1 saturated heterocycles. The van der Waals surface area contributed by atoms with Gasteiger partial charge in [0.1, 0.15) is 0 Å². The summed E-state index contributed by atoms with van der Waals surface area (Å²) in [4.78, 5) is 9.56. The van der Waals surface area contributed by atoms with Crippen LogP contribution in [0.25, 0.3) is 27.9 Å². The maximum Gasteiger partial charge on any atom is 0.400 e. The molecule has 1 aliphatic rings. The number of nitrogens with zero attached hydrogens (tertiary/aromatic N) is 4. The molecule has 1 aliphatic heterocycles. The zero-order valence-electron chi connectivity index (χ0n) is 14.9. The van der Waals surface area contributed by atoms with Gasteiger partial charge >= 0.3 is 7.05 Å². The topological polar surface area (TPSA) is 87.4 Å². The maximum absolute atomic E-state index is 10.1. The summed E-state index contributed by atoms with van der Waals surface area (Å²) >= 11 is 0. The highest BCUT2D eigenvalue weighted by molar-refractivity contribution is 6.51. The van der Waals surface area contributed by atoms with Crippen molar-refractivity contribution in [3.05, 3.63) is 54.1 Å². The van der Waals surface area contributed by atoms with Crippen molar-refractivity contribution in [2.75, 3.05) is 11.9 Å². The molecule has 0 radical (unpaired) electrons. The van der Waals surface area contributed by atoms with E-state index in [2.05, 4.69) is 23.5 Å². The predicted octanol–water partition coefficient (Wildman–Crippen LogP) is 2.05. The quantitative estimate of drug-likeness (QED) is 0.486. The standard InChI is InChI=1S/C19H19BN6O/c1-12-6-2-3-7-13(12)17-24-18-14-8-4-5-9-15(14)22-19(26(18)25-17)23-16-10-11-21-20(16)27/h2-9,16,21,27H,10-11H2,1H3,(H,22,23). The smallest absolute Gasteiger partial charge is 0.400 e. The van der Waals surface area contributed by atoms with Gasteiger partial charge in [-0.1, -0.05) is 36.4 Å². The molecule has 3 heterocycles. The summed E-state index contributed by atoms with van der Waals surface area (Å²) in [5, 5.41) is 22.2. The lowest BCUT2D eigenvalue weighted by atomic mass is 9.76.